The number of aromatic nitrogens is 1. The Morgan fingerprint density at radius 2 is 2.05 bits per heavy atom. The highest BCUT2D eigenvalue weighted by Gasteiger charge is 2.18. The standard InChI is InChI=1S/C14H13F2N3O/c1-19(8-9-3-2-4-18-7-9)14(20)10-5-11(15)12(16)6-13(10)17/h2-7H,8,17H2,1H3. The number of halogens is 2. The normalized spacial score (nSPS) is 10.3. The summed E-state index contributed by atoms with van der Waals surface area (Å²) in [6, 6.07) is 5.18. The molecule has 2 N–H and O–H groups in total. The monoisotopic (exact) mass is 277 g/mol. The van der Waals surface area contributed by atoms with Crippen molar-refractivity contribution in [3.05, 3.63) is 59.4 Å². The molecule has 0 aliphatic heterocycles. The Morgan fingerprint density at radius 1 is 1.35 bits per heavy atom. The van der Waals surface area contributed by atoms with E-state index in [9.17, 15) is 13.6 Å². The van der Waals surface area contributed by atoms with E-state index in [1.165, 1.54) is 4.90 Å². The topological polar surface area (TPSA) is 59.2 Å². The summed E-state index contributed by atoms with van der Waals surface area (Å²) in [5.74, 6) is -2.66. The van der Waals surface area contributed by atoms with Crippen LogP contribution in [0, 0.1) is 11.6 Å². The summed E-state index contributed by atoms with van der Waals surface area (Å²) >= 11 is 0. The number of nitrogens with two attached hydrogens (primary N) is 1. The molecule has 4 nitrogen and oxygen atoms in total. The fourth-order valence-corrected chi connectivity index (χ4v) is 1.79. The quantitative estimate of drug-likeness (QED) is 0.875. The number of rotatable bonds is 3. The smallest absolute Gasteiger partial charge is 0.256 e. The van der Waals surface area contributed by atoms with Crippen LogP contribution in [0.2, 0.25) is 0 Å². The fourth-order valence-electron chi connectivity index (χ4n) is 1.79. The lowest BCUT2D eigenvalue weighted by molar-refractivity contribution is 0.0785. The van der Waals surface area contributed by atoms with Crippen LogP contribution in [0.5, 0.6) is 0 Å². The van der Waals surface area contributed by atoms with Crippen LogP contribution in [-0.4, -0.2) is 22.8 Å². The number of anilines is 1. The van der Waals surface area contributed by atoms with E-state index in [0.29, 0.717) is 6.54 Å². The molecule has 0 saturated carbocycles. The molecule has 1 amide bonds. The third-order valence-corrected chi connectivity index (χ3v) is 2.81. The summed E-state index contributed by atoms with van der Waals surface area (Å²) in [5, 5.41) is 0. The van der Waals surface area contributed by atoms with E-state index in [-0.39, 0.29) is 11.3 Å². The third-order valence-electron chi connectivity index (χ3n) is 2.81. The van der Waals surface area contributed by atoms with E-state index >= 15 is 0 Å². The predicted octanol–water partition coefficient (Wildman–Crippen LogP) is 2.21. The maximum Gasteiger partial charge on any atom is 0.256 e. The molecule has 0 unspecified atom stereocenters. The minimum Gasteiger partial charge on any atom is -0.398 e. The van der Waals surface area contributed by atoms with Crippen molar-refractivity contribution in [1.82, 2.24) is 9.88 Å². The average Bonchev–Trinajstić information content (AvgIpc) is 2.43. The van der Waals surface area contributed by atoms with Gasteiger partial charge in [-0.2, -0.15) is 0 Å². The van der Waals surface area contributed by atoms with Gasteiger partial charge < -0.3 is 10.6 Å². The predicted molar refractivity (Wildman–Crippen MR) is 70.8 cm³/mol. The molecule has 1 aromatic heterocycles. The number of pyridine rings is 1. The van der Waals surface area contributed by atoms with Crippen LogP contribution in [0.3, 0.4) is 0 Å². The van der Waals surface area contributed by atoms with Crippen molar-refractivity contribution in [3.63, 3.8) is 0 Å². The molecule has 0 fully saturated rings. The Hall–Kier alpha value is -2.50. The molecule has 1 heterocycles. The number of hydrogen-bond acceptors (Lipinski definition) is 3. The Labute approximate surface area is 114 Å². The number of benzene rings is 1. The first-order valence-electron chi connectivity index (χ1n) is 5.88. The van der Waals surface area contributed by atoms with Crippen molar-refractivity contribution in [2.75, 3.05) is 12.8 Å². The number of nitrogen functional groups attached to an aromatic ring is 1. The lowest BCUT2D eigenvalue weighted by atomic mass is 10.1. The minimum absolute atomic E-state index is 0.0599. The molecule has 2 rings (SSSR count). The molecule has 1 aromatic carbocycles. The van der Waals surface area contributed by atoms with E-state index in [1.807, 2.05) is 6.07 Å². The molecule has 0 spiro atoms. The first-order chi connectivity index (χ1) is 9.49. The summed E-state index contributed by atoms with van der Waals surface area (Å²) in [7, 11) is 1.55. The molecular formula is C14H13F2N3O. The van der Waals surface area contributed by atoms with Crippen LogP contribution in [0.4, 0.5) is 14.5 Å². The van der Waals surface area contributed by atoms with Gasteiger partial charge in [-0.15, -0.1) is 0 Å². The summed E-state index contributed by atoms with van der Waals surface area (Å²) in [6.45, 7) is 0.297. The van der Waals surface area contributed by atoms with E-state index < -0.39 is 17.5 Å². The number of carbonyl (C=O) groups excluding carboxylic acids is 1. The van der Waals surface area contributed by atoms with Crippen LogP contribution in [0.15, 0.2) is 36.7 Å². The van der Waals surface area contributed by atoms with Crippen molar-refractivity contribution in [3.8, 4) is 0 Å². The van der Waals surface area contributed by atoms with Gasteiger partial charge in [0.1, 0.15) is 0 Å². The largest absolute Gasteiger partial charge is 0.398 e. The van der Waals surface area contributed by atoms with E-state index in [2.05, 4.69) is 4.98 Å². The molecule has 104 valence electrons. The van der Waals surface area contributed by atoms with Crippen LogP contribution in [0.25, 0.3) is 0 Å². The van der Waals surface area contributed by atoms with E-state index in [4.69, 9.17) is 5.73 Å². The van der Waals surface area contributed by atoms with E-state index in [0.717, 1.165) is 17.7 Å². The molecule has 0 aliphatic rings. The number of hydrogen-bond donors (Lipinski definition) is 1. The molecule has 6 heteroatoms. The third kappa shape index (κ3) is 2.90. The molecule has 20 heavy (non-hydrogen) atoms. The molecule has 2 aromatic rings. The van der Waals surface area contributed by atoms with Gasteiger partial charge in [0.2, 0.25) is 0 Å². The second-order valence-corrected chi connectivity index (χ2v) is 4.38. The SMILES string of the molecule is CN(Cc1cccnc1)C(=O)c1cc(F)c(F)cc1N. The van der Waals surface area contributed by atoms with Gasteiger partial charge in [-0.25, -0.2) is 8.78 Å². The molecule has 0 aliphatic carbocycles. The van der Waals surface area contributed by atoms with Crippen molar-refractivity contribution in [2.24, 2.45) is 0 Å². The molecular weight excluding hydrogens is 264 g/mol. The van der Waals surface area contributed by atoms with Gasteiger partial charge in [0.15, 0.2) is 11.6 Å². The van der Waals surface area contributed by atoms with Crippen LogP contribution in [0.1, 0.15) is 15.9 Å². The average molecular weight is 277 g/mol. The maximum absolute atomic E-state index is 13.2. The van der Waals surface area contributed by atoms with Gasteiger partial charge in [0, 0.05) is 37.7 Å². The zero-order valence-electron chi connectivity index (χ0n) is 10.8. The number of carbonyl (C=O) groups is 1. The zero-order chi connectivity index (χ0) is 14.7. The first-order valence-corrected chi connectivity index (χ1v) is 5.88. The van der Waals surface area contributed by atoms with Gasteiger partial charge in [-0.3, -0.25) is 9.78 Å². The van der Waals surface area contributed by atoms with Gasteiger partial charge in [0.25, 0.3) is 5.91 Å². The van der Waals surface area contributed by atoms with Gasteiger partial charge in [0.05, 0.1) is 5.56 Å². The van der Waals surface area contributed by atoms with Crippen molar-refractivity contribution >= 4 is 11.6 Å². The van der Waals surface area contributed by atoms with Crippen molar-refractivity contribution in [1.29, 1.82) is 0 Å². The Kier molecular flexibility index (Phi) is 3.93. The molecule has 0 saturated heterocycles. The summed E-state index contributed by atoms with van der Waals surface area (Å²) < 4.78 is 26.2. The van der Waals surface area contributed by atoms with Crippen molar-refractivity contribution in [2.45, 2.75) is 6.54 Å². The Morgan fingerprint density at radius 3 is 2.70 bits per heavy atom. The minimum atomic E-state index is -1.10. The lowest BCUT2D eigenvalue weighted by Gasteiger charge is -2.18. The van der Waals surface area contributed by atoms with Crippen LogP contribution < -0.4 is 5.73 Å². The summed E-state index contributed by atoms with van der Waals surface area (Å²) in [4.78, 5) is 17.5. The highest BCUT2D eigenvalue weighted by molar-refractivity contribution is 5.98. The number of amides is 1. The second kappa shape index (κ2) is 5.64. The van der Waals surface area contributed by atoms with Gasteiger partial charge >= 0.3 is 0 Å². The molecule has 0 radical (unpaired) electrons. The van der Waals surface area contributed by atoms with Crippen LogP contribution >= 0.6 is 0 Å². The Balaban J connectivity index is 2.21. The molecule has 0 bridgehead atoms. The lowest BCUT2D eigenvalue weighted by Crippen LogP contribution is -2.27. The Bertz CT molecular complexity index is 632. The first kappa shape index (κ1) is 13.9. The summed E-state index contributed by atoms with van der Waals surface area (Å²) in [6.07, 6.45) is 3.25. The highest BCUT2D eigenvalue weighted by Crippen LogP contribution is 2.19. The fraction of sp³-hybridized carbons (Fsp3) is 0.143. The highest BCUT2D eigenvalue weighted by atomic mass is 19.2. The van der Waals surface area contributed by atoms with Crippen molar-refractivity contribution < 1.29 is 13.6 Å². The van der Waals surface area contributed by atoms with Gasteiger partial charge in [-0.05, 0) is 17.7 Å². The van der Waals surface area contributed by atoms with Crippen LogP contribution in [-0.2, 0) is 6.54 Å². The van der Waals surface area contributed by atoms with E-state index in [1.54, 1.807) is 25.5 Å². The summed E-state index contributed by atoms with van der Waals surface area (Å²) in [5.41, 5.74) is 6.23. The molecule has 0 atom stereocenters. The zero-order valence-corrected chi connectivity index (χ0v) is 10.8. The number of nitrogens with zero attached hydrogens (tertiary/aromatic N) is 2. The maximum atomic E-state index is 13.2. The second-order valence-electron chi connectivity index (χ2n) is 4.38. The van der Waals surface area contributed by atoms with Gasteiger partial charge in [-0.1, -0.05) is 6.07 Å².